The highest BCUT2D eigenvalue weighted by Gasteiger charge is 2.52. The van der Waals surface area contributed by atoms with Crippen LogP contribution in [0.15, 0.2) is 30.3 Å². The topological polar surface area (TPSA) is 29.1 Å². The Hall–Kier alpha value is -1.31. The Morgan fingerprint density at radius 1 is 1.11 bits per heavy atom. The normalized spacial score (nSPS) is 34.2. The van der Waals surface area contributed by atoms with E-state index in [1.807, 2.05) is 18.2 Å². The van der Waals surface area contributed by atoms with Crippen LogP contribution in [0.4, 0.5) is 0 Å². The molecule has 1 amide bonds. The number of carbonyl (C=O) groups excluding carboxylic acids is 1. The quantitative estimate of drug-likeness (QED) is 0.883. The van der Waals surface area contributed by atoms with E-state index < -0.39 is 0 Å². The van der Waals surface area contributed by atoms with Gasteiger partial charge in [-0.3, -0.25) is 4.79 Å². The molecular formula is C17H21NO. The summed E-state index contributed by atoms with van der Waals surface area (Å²) in [6.45, 7) is 0. The van der Waals surface area contributed by atoms with Crippen molar-refractivity contribution in [3.63, 3.8) is 0 Å². The highest BCUT2D eigenvalue weighted by atomic mass is 16.2. The summed E-state index contributed by atoms with van der Waals surface area (Å²) < 4.78 is 0. The SMILES string of the molecule is O=C(N[C@@H]1C[C@H]2CC[C@H]1C2)C1(c2ccccc2)CC1. The number of carbonyl (C=O) groups is 1. The van der Waals surface area contributed by atoms with Gasteiger partial charge >= 0.3 is 0 Å². The maximum absolute atomic E-state index is 12.6. The molecule has 3 atom stereocenters. The Labute approximate surface area is 114 Å². The molecule has 2 bridgehead atoms. The molecule has 0 radical (unpaired) electrons. The van der Waals surface area contributed by atoms with Gasteiger partial charge in [-0.25, -0.2) is 0 Å². The molecule has 1 aromatic rings. The summed E-state index contributed by atoms with van der Waals surface area (Å²) >= 11 is 0. The van der Waals surface area contributed by atoms with Gasteiger partial charge in [0.2, 0.25) is 5.91 Å². The molecule has 19 heavy (non-hydrogen) atoms. The summed E-state index contributed by atoms with van der Waals surface area (Å²) in [5.41, 5.74) is 1.01. The number of nitrogens with one attached hydrogen (secondary N) is 1. The third-order valence-corrected chi connectivity index (χ3v) is 5.57. The highest BCUT2D eigenvalue weighted by Crippen LogP contribution is 2.50. The molecule has 0 saturated heterocycles. The van der Waals surface area contributed by atoms with E-state index >= 15 is 0 Å². The van der Waals surface area contributed by atoms with Crippen LogP contribution in [0.1, 0.15) is 44.1 Å². The Morgan fingerprint density at radius 3 is 2.47 bits per heavy atom. The third kappa shape index (κ3) is 1.80. The van der Waals surface area contributed by atoms with Gasteiger partial charge in [0.1, 0.15) is 0 Å². The second-order valence-corrected chi connectivity index (χ2v) is 6.70. The summed E-state index contributed by atoms with van der Waals surface area (Å²) in [4.78, 5) is 12.6. The van der Waals surface area contributed by atoms with Gasteiger partial charge in [-0.2, -0.15) is 0 Å². The van der Waals surface area contributed by atoms with Crippen LogP contribution in [0.25, 0.3) is 0 Å². The summed E-state index contributed by atoms with van der Waals surface area (Å²) in [5.74, 6) is 1.94. The standard InChI is InChI=1S/C17H21NO/c19-16(18-15-11-12-6-7-13(15)10-12)17(8-9-17)14-4-2-1-3-5-14/h1-5,12-13,15H,6-11H2,(H,18,19)/t12-,13-,15+/m0/s1. The zero-order chi connectivity index (χ0) is 12.9. The van der Waals surface area contributed by atoms with Crippen molar-refractivity contribution in [2.45, 2.75) is 50.0 Å². The van der Waals surface area contributed by atoms with Crippen LogP contribution < -0.4 is 5.32 Å². The number of hydrogen-bond acceptors (Lipinski definition) is 1. The van der Waals surface area contributed by atoms with E-state index in [1.54, 1.807) is 0 Å². The Bertz CT molecular complexity index is 491. The first-order chi connectivity index (χ1) is 9.28. The molecule has 0 heterocycles. The summed E-state index contributed by atoms with van der Waals surface area (Å²) in [6.07, 6.45) is 7.33. The molecule has 0 spiro atoms. The van der Waals surface area contributed by atoms with Crippen molar-refractivity contribution < 1.29 is 4.79 Å². The molecule has 0 aliphatic heterocycles. The van der Waals surface area contributed by atoms with Crippen molar-refractivity contribution in [1.82, 2.24) is 5.32 Å². The second kappa shape index (κ2) is 4.09. The molecule has 2 heteroatoms. The zero-order valence-electron chi connectivity index (χ0n) is 11.3. The molecule has 3 saturated carbocycles. The average molecular weight is 255 g/mol. The number of rotatable bonds is 3. The lowest BCUT2D eigenvalue weighted by molar-refractivity contribution is -0.124. The predicted octanol–water partition coefficient (Wildman–Crippen LogP) is 3.02. The molecule has 3 fully saturated rings. The van der Waals surface area contributed by atoms with Crippen LogP contribution >= 0.6 is 0 Å². The molecule has 0 aromatic heterocycles. The van der Waals surface area contributed by atoms with Crippen LogP contribution in [-0.4, -0.2) is 11.9 Å². The van der Waals surface area contributed by atoms with Crippen molar-refractivity contribution in [3.8, 4) is 0 Å². The van der Waals surface area contributed by atoms with E-state index in [4.69, 9.17) is 0 Å². The van der Waals surface area contributed by atoms with E-state index in [0.29, 0.717) is 6.04 Å². The fraction of sp³-hybridized carbons (Fsp3) is 0.588. The largest absolute Gasteiger partial charge is 0.352 e. The minimum atomic E-state index is -0.191. The van der Waals surface area contributed by atoms with E-state index in [0.717, 1.165) is 24.7 Å². The van der Waals surface area contributed by atoms with E-state index in [-0.39, 0.29) is 11.3 Å². The fourth-order valence-electron chi connectivity index (χ4n) is 4.26. The monoisotopic (exact) mass is 255 g/mol. The summed E-state index contributed by atoms with van der Waals surface area (Å²) in [5, 5.41) is 3.37. The average Bonchev–Trinajstić information content (AvgIpc) is 3.01. The van der Waals surface area contributed by atoms with Crippen LogP contribution in [0.5, 0.6) is 0 Å². The van der Waals surface area contributed by atoms with Crippen LogP contribution in [0.3, 0.4) is 0 Å². The van der Waals surface area contributed by atoms with Crippen LogP contribution in [0, 0.1) is 11.8 Å². The van der Waals surface area contributed by atoms with Crippen molar-refractivity contribution in [1.29, 1.82) is 0 Å². The minimum Gasteiger partial charge on any atom is -0.352 e. The Balaban J connectivity index is 1.49. The molecule has 3 aliphatic rings. The van der Waals surface area contributed by atoms with Crippen molar-refractivity contribution >= 4 is 5.91 Å². The molecular weight excluding hydrogens is 234 g/mol. The van der Waals surface area contributed by atoms with Crippen molar-refractivity contribution in [2.24, 2.45) is 11.8 Å². The Morgan fingerprint density at radius 2 is 1.89 bits per heavy atom. The zero-order valence-corrected chi connectivity index (χ0v) is 11.3. The van der Waals surface area contributed by atoms with Gasteiger partial charge in [-0.15, -0.1) is 0 Å². The van der Waals surface area contributed by atoms with Crippen LogP contribution in [-0.2, 0) is 10.2 Å². The summed E-state index contributed by atoms with van der Waals surface area (Å²) in [6, 6.07) is 10.8. The molecule has 0 unspecified atom stereocenters. The van der Waals surface area contributed by atoms with E-state index in [2.05, 4.69) is 17.4 Å². The molecule has 100 valence electrons. The number of amides is 1. The predicted molar refractivity (Wildman–Crippen MR) is 74.7 cm³/mol. The van der Waals surface area contributed by atoms with Crippen molar-refractivity contribution in [3.05, 3.63) is 35.9 Å². The van der Waals surface area contributed by atoms with E-state index in [9.17, 15) is 4.79 Å². The molecule has 1 N–H and O–H groups in total. The fourth-order valence-corrected chi connectivity index (χ4v) is 4.26. The second-order valence-electron chi connectivity index (χ2n) is 6.70. The molecule has 2 nitrogen and oxygen atoms in total. The summed E-state index contributed by atoms with van der Waals surface area (Å²) in [7, 11) is 0. The first-order valence-corrected chi connectivity index (χ1v) is 7.64. The smallest absolute Gasteiger partial charge is 0.230 e. The lowest BCUT2D eigenvalue weighted by Gasteiger charge is -2.26. The van der Waals surface area contributed by atoms with Gasteiger partial charge < -0.3 is 5.32 Å². The van der Waals surface area contributed by atoms with Gasteiger partial charge in [0.05, 0.1) is 5.41 Å². The molecule has 3 aliphatic carbocycles. The number of benzene rings is 1. The minimum absolute atomic E-state index is 0.191. The molecule has 4 rings (SSSR count). The van der Waals surface area contributed by atoms with Gasteiger partial charge in [-0.05, 0) is 49.5 Å². The van der Waals surface area contributed by atoms with Gasteiger partial charge in [0.25, 0.3) is 0 Å². The van der Waals surface area contributed by atoms with Crippen LogP contribution in [0.2, 0.25) is 0 Å². The first-order valence-electron chi connectivity index (χ1n) is 7.64. The van der Waals surface area contributed by atoms with E-state index in [1.165, 1.54) is 31.2 Å². The van der Waals surface area contributed by atoms with Gasteiger partial charge in [0.15, 0.2) is 0 Å². The lowest BCUT2D eigenvalue weighted by Crippen LogP contribution is -2.44. The van der Waals surface area contributed by atoms with Crippen molar-refractivity contribution in [2.75, 3.05) is 0 Å². The van der Waals surface area contributed by atoms with Gasteiger partial charge in [0, 0.05) is 6.04 Å². The number of hydrogen-bond donors (Lipinski definition) is 1. The number of fused-ring (bicyclic) bond motifs is 2. The first kappa shape index (κ1) is 11.5. The molecule has 1 aromatic carbocycles. The maximum Gasteiger partial charge on any atom is 0.230 e. The third-order valence-electron chi connectivity index (χ3n) is 5.57. The highest BCUT2D eigenvalue weighted by molar-refractivity contribution is 5.91. The Kier molecular flexibility index (Phi) is 2.48. The maximum atomic E-state index is 12.6. The lowest BCUT2D eigenvalue weighted by atomic mass is 9.91. The van der Waals surface area contributed by atoms with Gasteiger partial charge in [-0.1, -0.05) is 36.8 Å².